The fraction of sp³-hybridized carbons (Fsp3) is 0. The van der Waals surface area contributed by atoms with Crippen LogP contribution in [0.2, 0.25) is 10.2 Å². The van der Waals surface area contributed by atoms with Gasteiger partial charge in [-0.2, -0.15) is 0 Å². The molecule has 19 heavy (non-hydrogen) atoms. The smallest absolute Gasteiger partial charge is 0.263 e. The van der Waals surface area contributed by atoms with Crippen molar-refractivity contribution in [1.29, 1.82) is 0 Å². The Labute approximate surface area is 119 Å². The van der Waals surface area contributed by atoms with Gasteiger partial charge in [-0.05, 0) is 18.2 Å². The number of hydrogen-bond acceptors (Lipinski definition) is 4. The van der Waals surface area contributed by atoms with E-state index in [1.54, 1.807) is 0 Å². The molecule has 0 radical (unpaired) electrons. The summed E-state index contributed by atoms with van der Waals surface area (Å²) in [6.45, 7) is 0. The number of hydrogen-bond donors (Lipinski definition) is 2. The summed E-state index contributed by atoms with van der Waals surface area (Å²) in [5, 5.41) is 9.34. The second-order valence-electron chi connectivity index (χ2n) is 3.60. The maximum Gasteiger partial charge on any atom is 0.263 e. The molecule has 1 aromatic heterocycles. The van der Waals surface area contributed by atoms with Gasteiger partial charge in [0.1, 0.15) is 15.8 Å². The quantitative estimate of drug-likeness (QED) is 0.853. The van der Waals surface area contributed by atoms with Gasteiger partial charge >= 0.3 is 0 Å². The molecule has 0 atom stereocenters. The molecule has 0 fully saturated rings. The van der Waals surface area contributed by atoms with Crippen molar-refractivity contribution < 1.29 is 13.5 Å². The molecule has 2 aromatic rings. The zero-order valence-corrected chi connectivity index (χ0v) is 11.7. The molecule has 2 N–H and O–H groups in total. The van der Waals surface area contributed by atoms with Crippen molar-refractivity contribution in [2.75, 3.05) is 4.72 Å². The van der Waals surface area contributed by atoms with Gasteiger partial charge in [-0.25, -0.2) is 13.4 Å². The number of benzene rings is 1. The zero-order chi connectivity index (χ0) is 14.0. The van der Waals surface area contributed by atoms with Crippen LogP contribution in [0.3, 0.4) is 0 Å². The molecule has 0 aliphatic rings. The molecule has 2 rings (SSSR count). The summed E-state index contributed by atoms with van der Waals surface area (Å²) < 4.78 is 26.4. The van der Waals surface area contributed by atoms with Gasteiger partial charge in [-0.15, -0.1) is 0 Å². The van der Waals surface area contributed by atoms with E-state index in [0.29, 0.717) is 0 Å². The molecule has 0 saturated heterocycles. The highest BCUT2D eigenvalue weighted by Gasteiger charge is 2.16. The van der Waals surface area contributed by atoms with Gasteiger partial charge in [0.15, 0.2) is 0 Å². The molecule has 8 heteroatoms. The van der Waals surface area contributed by atoms with Gasteiger partial charge in [-0.1, -0.05) is 29.3 Å². The molecule has 0 unspecified atom stereocenters. The number of aromatic hydroxyl groups is 1. The van der Waals surface area contributed by atoms with Crippen molar-refractivity contribution in [3.05, 3.63) is 46.7 Å². The molecule has 5 nitrogen and oxygen atoms in total. The lowest BCUT2D eigenvalue weighted by atomic mass is 10.3. The number of rotatable bonds is 3. The fourth-order valence-corrected chi connectivity index (χ4v) is 2.69. The Hall–Kier alpha value is -1.50. The molecule has 100 valence electrons. The number of pyridine rings is 1. The standard InChI is InChI=1S/C11H8Cl2N2O3S/c12-10-5-9(6-14-11(10)13)19(17,18)15-7-2-1-3-8(16)4-7/h1-6,15-16H. The van der Waals surface area contributed by atoms with Crippen LogP contribution in [-0.4, -0.2) is 18.5 Å². The predicted octanol–water partition coefficient (Wildman–Crippen LogP) is 2.89. The summed E-state index contributed by atoms with van der Waals surface area (Å²) in [7, 11) is -3.84. The number of phenols is 1. The average Bonchev–Trinajstić information content (AvgIpc) is 2.32. The van der Waals surface area contributed by atoms with Crippen LogP contribution in [0, 0.1) is 0 Å². The Morgan fingerprint density at radius 1 is 1.21 bits per heavy atom. The number of halogens is 2. The van der Waals surface area contributed by atoms with E-state index < -0.39 is 10.0 Å². The van der Waals surface area contributed by atoms with Crippen LogP contribution in [0.15, 0.2) is 41.4 Å². The zero-order valence-electron chi connectivity index (χ0n) is 9.34. The van der Waals surface area contributed by atoms with E-state index in [4.69, 9.17) is 23.2 Å². The van der Waals surface area contributed by atoms with Gasteiger partial charge in [0.2, 0.25) is 0 Å². The van der Waals surface area contributed by atoms with Crippen LogP contribution < -0.4 is 4.72 Å². The van der Waals surface area contributed by atoms with E-state index in [1.807, 2.05) is 0 Å². The second kappa shape index (κ2) is 5.24. The lowest BCUT2D eigenvalue weighted by molar-refractivity contribution is 0.475. The Morgan fingerprint density at radius 3 is 2.58 bits per heavy atom. The van der Waals surface area contributed by atoms with Crippen molar-refractivity contribution in [2.45, 2.75) is 4.90 Å². The van der Waals surface area contributed by atoms with E-state index in [-0.39, 0.29) is 26.5 Å². The number of aromatic nitrogens is 1. The van der Waals surface area contributed by atoms with Crippen LogP contribution in [0.25, 0.3) is 0 Å². The average molecular weight is 319 g/mol. The SMILES string of the molecule is O=S(=O)(Nc1cccc(O)c1)c1cnc(Cl)c(Cl)c1. The van der Waals surface area contributed by atoms with E-state index in [0.717, 1.165) is 6.20 Å². The van der Waals surface area contributed by atoms with E-state index in [9.17, 15) is 13.5 Å². The van der Waals surface area contributed by atoms with E-state index >= 15 is 0 Å². The molecular weight excluding hydrogens is 311 g/mol. The number of nitrogens with zero attached hydrogens (tertiary/aromatic N) is 1. The molecule has 0 saturated carbocycles. The number of anilines is 1. The Kier molecular flexibility index (Phi) is 3.84. The molecule has 1 aromatic carbocycles. The maximum atomic E-state index is 12.0. The molecular formula is C11H8Cl2N2O3S. The molecule has 0 spiro atoms. The fourth-order valence-electron chi connectivity index (χ4n) is 1.33. The topological polar surface area (TPSA) is 79.3 Å². The lowest BCUT2D eigenvalue weighted by Crippen LogP contribution is -2.13. The first-order chi connectivity index (χ1) is 8.88. The van der Waals surface area contributed by atoms with Crippen LogP contribution in [0.1, 0.15) is 0 Å². The molecule has 0 aliphatic carbocycles. The largest absolute Gasteiger partial charge is 0.508 e. The first-order valence-corrected chi connectivity index (χ1v) is 7.25. The highest BCUT2D eigenvalue weighted by Crippen LogP contribution is 2.24. The van der Waals surface area contributed by atoms with Crippen molar-refractivity contribution in [1.82, 2.24) is 4.98 Å². The third kappa shape index (κ3) is 3.28. The Bertz CT molecular complexity index is 720. The van der Waals surface area contributed by atoms with Gasteiger partial charge in [-0.3, -0.25) is 4.72 Å². The third-order valence-corrected chi connectivity index (χ3v) is 4.21. The normalized spacial score (nSPS) is 11.3. The highest BCUT2D eigenvalue weighted by atomic mass is 35.5. The van der Waals surface area contributed by atoms with Crippen molar-refractivity contribution in [2.24, 2.45) is 0 Å². The number of nitrogens with one attached hydrogen (secondary N) is 1. The molecule has 0 aliphatic heterocycles. The molecule has 0 amide bonds. The molecule has 0 bridgehead atoms. The van der Waals surface area contributed by atoms with Gasteiger partial charge in [0.05, 0.1) is 10.7 Å². The Balaban J connectivity index is 2.35. The summed E-state index contributed by atoms with van der Waals surface area (Å²) in [4.78, 5) is 3.55. The monoisotopic (exact) mass is 318 g/mol. The third-order valence-electron chi connectivity index (χ3n) is 2.18. The summed E-state index contributed by atoms with van der Waals surface area (Å²) in [6.07, 6.45) is 1.10. The number of sulfonamides is 1. The van der Waals surface area contributed by atoms with Gasteiger partial charge in [0.25, 0.3) is 10.0 Å². The minimum atomic E-state index is -3.84. The minimum absolute atomic E-state index is 0.0259. The van der Waals surface area contributed by atoms with Crippen LogP contribution >= 0.6 is 23.2 Å². The first kappa shape index (κ1) is 13.9. The van der Waals surface area contributed by atoms with Crippen molar-refractivity contribution >= 4 is 38.9 Å². The minimum Gasteiger partial charge on any atom is -0.508 e. The number of phenolic OH excluding ortho intramolecular Hbond substituents is 1. The van der Waals surface area contributed by atoms with Crippen LogP contribution in [0.4, 0.5) is 5.69 Å². The maximum absolute atomic E-state index is 12.0. The van der Waals surface area contributed by atoms with Crippen molar-refractivity contribution in [3.8, 4) is 5.75 Å². The first-order valence-electron chi connectivity index (χ1n) is 5.01. The highest BCUT2D eigenvalue weighted by molar-refractivity contribution is 7.92. The van der Waals surface area contributed by atoms with Gasteiger partial charge < -0.3 is 5.11 Å². The summed E-state index contributed by atoms with van der Waals surface area (Å²) in [6, 6.07) is 6.92. The molecule has 1 heterocycles. The second-order valence-corrected chi connectivity index (χ2v) is 6.05. The Morgan fingerprint density at radius 2 is 1.95 bits per heavy atom. The predicted molar refractivity (Wildman–Crippen MR) is 73.2 cm³/mol. The van der Waals surface area contributed by atoms with Crippen molar-refractivity contribution in [3.63, 3.8) is 0 Å². The summed E-state index contributed by atoms with van der Waals surface area (Å²) >= 11 is 11.3. The van der Waals surface area contributed by atoms with Crippen LogP contribution in [-0.2, 0) is 10.0 Å². The summed E-state index contributed by atoms with van der Waals surface area (Å²) in [5.74, 6) is -0.0486. The van der Waals surface area contributed by atoms with Crippen LogP contribution in [0.5, 0.6) is 5.75 Å². The van der Waals surface area contributed by atoms with E-state index in [2.05, 4.69) is 9.71 Å². The van der Waals surface area contributed by atoms with Gasteiger partial charge in [0, 0.05) is 12.3 Å². The summed E-state index contributed by atoms with van der Waals surface area (Å²) in [5.41, 5.74) is 0.228. The van der Waals surface area contributed by atoms with E-state index in [1.165, 1.54) is 30.3 Å². The lowest BCUT2D eigenvalue weighted by Gasteiger charge is -2.08.